The molecule has 9 nitrogen and oxygen atoms in total. The first-order valence-corrected chi connectivity index (χ1v) is 11.3. The number of carbonyl (C=O) groups is 2. The first-order chi connectivity index (χ1) is 15.9. The Bertz CT molecular complexity index is 1370. The summed E-state index contributed by atoms with van der Waals surface area (Å²) in [5.41, 5.74) is 3.34. The predicted molar refractivity (Wildman–Crippen MR) is 124 cm³/mol. The molecule has 0 saturated heterocycles. The molecule has 1 unspecified atom stereocenters. The molecule has 33 heavy (non-hydrogen) atoms. The van der Waals surface area contributed by atoms with Crippen LogP contribution in [0.2, 0.25) is 0 Å². The molecular formula is C23H21BrN4O5. The molecule has 5 rings (SSSR count). The van der Waals surface area contributed by atoms with Gasteiger partial charge in [-0.15, -0.1) is 0 Å². The van der Waals surface area contributed by atoms with E-state index in [0.717, 1.165) is 20.9 Å². The Labute approximate surface area is 197 Å². The molecular weight excluding hydrogens is 492 g/mol. The number of nitrogens with one attached hydrogen (secondary N) is 1. The predicted octanol–water partition coefficient (Wildman–Crippen LogP) is 2.57. The van der Waals surface area contributed by atoms with Crippen LogP contribution in [0.4, 0.5) is 4.79 Å². The highest BCUT2D eigenvalue weighted by Gasteiger charge is 2.38. The minimum Gasteiger partial charge on any atom is -0.458 e. The van der Waals surface area contributed by atoms with Gasteiger partial charge in [-0.05, 0) is 31.3 Å². The minimum absolute atomic E-state index is 0.159. The van der Waals surface area contributed by atoms with Crippen LogP contribution < -0.4 is 10.9 Å². The zero-order chi connectivity index (χ0) is 23.3. The molecule has 2 aromatic heterocycles. The maximum absolute atomic E-state index is 13.3. The van der Waals surface area contributed by atoms with Crippen LogP contribution in [0.3, 0.4) is 0 Å². The maximum atomic E-state index is 13.3. The third kappa shape index (κ3) is 3.59. The second-order valence-electron chi connectivity index (χ2n) is 8.05. The average Bonchev–Trinajstić information content (AvgIpc) is 3.16. The molecule has 3 aromatic rings. The summed E-state index contributed by atoms with van der Waals surface area (Å²) in [7, 11) is 3.35. The zero-order valence-corrected chi connectivity index (χ0v) is 19.6. The quantitative estimate of drug-likeness (QED) is 0.419. The highest BCUT2D eigenvalue weighted by atomic mass is 79.9. The van der Waals surface area contributed by atoms with Crippen LogP contribution in [0.25, 0.3) is 22.3 Å². The normalized spacial score (nSPS) is 16.1. The molecule has 0 bridgehead atoms. The fourth-order valence-electron chi connectivity index (χ4n) is 4.17. The van der Waals surface area contributed by atoms with Crippen LogP contribution in [0.1, 0.15) is 22.8 Å². The fourth-order valence-corrected chi connectivity index (χ4v) is 4.64. The van der Waals surface area contributed by atoms with Crippen LogP contribution in [0.5, 0.6) is 0 Å². The van der Waals surface area contributed by atoms with Gasteiger partial charge in [-0.1, -0.05) is 22.0 Å². The molecule has 2 aliphatic heterocycles. The van der Waals surface area contributed by atoms with Gasteiger partial charge in [0.1, 0.15) is 6.61 Å². The lowest BCUT2D eigenvalue weighted by Crippen LogP contribution is -2.38. The third-order valence-corrected chi connectivity index (χ3v) is 6.67. The number of amides is 1. The topological polar surface area (TPSA) is 103 Å². The van der Waals surface area contributed by atoms with E-state index in [1.807, 2.05) is 24.3 Å². The van der Waals surface area contributed by atoms with Crippen molar-refractivity contribution in [2.75, 3.05) is 27.2 Å². The summed E-state index contributed by atoms with van der Waals surface area (Å²) >= 11 is 3.55. The van der Waals surface area contributed by atoms with E-state index in [1.165, 1.54) is 4.90 Å². The number of nitrogens with zero attached hydrogens (tertiary/aromatic N) is 3. The second kappa shape index (κ2) is 8.27. The van der Waals surface area contributed by atoms with Gasteiger partial charge in [-0.3, -0.25) is 4.79 Å². The Hall–Kier alpha value is -3.24. The number of ether oxygens (including phenoxy) is 2. The van der Waals surface area contributed by atoms with Gasteiger partial charge in [0.2, 0.25) is 6.10 Å². The van der Waals surface area contributed by atoms with Gasteiger partial charge in [0, 0.05) is 41.1 Å². The molecule has 0 fully saturated rings. The van der Waals surface area contributed by atoms with E-state index >= 15 is 0 Å². The number of esters is 1. The lowest BCUT2D eigenvalue weighted by atomic mass is 10.00. The number of rotatable bonds is 4. The van der Waals surface area contributed by atoms with Crippen LogP contribution >= 0.6 is 15.9 Å². The molecule has 1 atom stereocenters. The van der Waals surface area contributed by atoms with Gasteiger partial charge in [0.15, 0.2) is 0 Å². The van der Waals surface area contributed by atoms with Crippen molar-refractivity contribution in [1.82, 2.24) is 19.8 Å². The van der Waals surface area contributed by atoms with Gasteiger partial charge in [0.05, 0.1) is 29.0 Å². The molecule has 0 aliphatic carbocycles. The highest BCUT2D eigenvalue weighted by Crippen LogP contribution is 2.37. The highest BCUT2D eigenvalue weighted by molar-refractivity contribution is 9.10. The van der Waals surface area contributed by atoms with Gasteiger partial charge in [-0.2, -0.15) is 0 Å². The van der Waals surface area contributed by atoms with Gasteiger partial charge >= 0.3 is 12.1 Å². The van der Waals surface area contributed by atoms with E-state index < -0.39 is 18.2 Å². The first-order valence-electron chi connectivity index (χ1n) is 10.5. The van der Waals surface area contributed by atoms with E-state index in [4.69, 9.17) is 14.5 Å². The molecule has 1 aromatic carbocycles. The molecule has 0 spiro atoms. The number of fused-ring (bicyclic) bond motifs is 5. The fraction of sp³-hybridized carbons (Fsp3) is 0.304. The Morgan fingerprint density at radius 1 is 1.36 bits per heavy atom. The Kier molecular flexibility index (Phi) is 5.41. The van der Waals surface area contributed by atoms with Crippen LogP contribution in [-0.2, 0) is 27.4 Å². The average molecular weight is 513 g/mol. The largest absolute Gasteiger partial charge is 0.458 e. The number of cyclic esters (lactones) is 1. The summed E-state index contributed by atoms with van der Waals surface area (Å²) in [4.78, 5) is 44.5. The van der Waals surface area contributed by atoms with Crippen molar-refractivity contribution in [3.05, 3.63) is 61.8 Å². The summed E-state index contributed by atoms with van der Waals surface area (Å²) in [6, 6.07) is 9.49. The lowest BCUT2D eigenvalue weighted by Gasteiger charge is -2.27. The zero-order valence-electron chi connectivity index (χ0n) is 18.1. The number of carbonyl (C=O) groups excluding carboxylic acids is 2. The number of aromatic nitrogens is 2. The van der Waals surface area contributed by atoms with Crippen LogP contribution in [0, 0.1) is 0 Å². The summed E-state index contributed by atoms with van der Waals surface area (Å²) < 4.78 is 13.2. The molecule has 0 radical (unpaired) electrons. The minimum atomic E-state index is -1.31. The second-order valence-corrected chi connectivity index (χ2v) is 8.91. The molecule has 2 aliphatic rings. The molecule has 1 amide bonds. The van der Waals surface area contributed by atoms with Crippen molar-refractivity contribution >= 4 is 38.9 Å². The molecule has 1 N–H and O–H groups in total. The summed E-state index contributed by atoms with van der Waals surface area (Å²) in [5.74, 6) is -0.698. The molecule has 0 saturated carbocycles. The lowest BCUT2D eigenvalue weighted by molar-refractivity contribution is -0.158. The van der Waals surface area contributed by atoms with Crippen molar-refractivity contribution in [2.45, 2.75) is 19.3 Å². The van der Waals surface area contributed by atoms with E-state index in [9.17, 15) is 14.4 Å². The Morgan fingerprint density at radius 3 is 2.97 bits per heavy atom. The van der Waals surface area contributed by atoms with Crippen LogP contribution in [-0.4, -0.2) is 53.7 Å². The summed E-state index contributed by atoms with van der Waals surface area (Å²) in [6.07, 6.45) is -1.98. The van der Waals surface area contributed by atoms with Crippen LogP contribution in [0.15, 0.2) is 39.6 Å². The summed E-state index contributed by atoms with van der Waals surface area (Å²) in [5, 5.41) is 3.90. The van der Waals surface area contributed by atoms with Gasteiger partial charge < -0.3 is 24.3 Å². The molecule has 4 heterocycles. The maximum Gasteiger partial charge on any atom is 0.410 e. The standard InChI is InChI=1S/C23H21BrN4O5/c1-25-6-7-27(2)23(31)33-20-13-9-18-19-12(8-14-16(24)4-3-5-17(14)26-19)10-28(18)21(29)15(13)11-32-22(20)30/h3-5,8-9,20,25H,6-7,10-11H2,1-2H3. The Balaban J connectivity index is 1.58. The van der Waals surface area contributed by atoms with Crippen molar-refractivity contribution in [3.8, 4) is 11.4 Å². The number of hydrogen-bond donors (Lipinski definition) is 1. The number of benzene rings is 1. The smallest absolute Gasteiger partial charge is 0.410 e. The van der Waals surface area contributed by atoms with Gasteiger partial charge in [0.25, 0.3) is 5.56 Å². The SMILES string of the molecule is CNCCN(C)C(=O)OC1C(=O)OCc2c1cc1n(c2=O)Cc2cc3c(Br)cccc3nc2-1. The number of hydrogen-bond acceptors (Lipinski definition) is 7. The van der Waals surface area contributed by atoms with E-state index in [0.29, 0.717) is 42.1 Å². The van der Waals surface area contributed by atoms with E-state index in [-0.39, 0.29) is 12.2 Å². The van der Waals surface area contributed by atoms with E-state index in [2.05, 4.69) is 21.2 Å². The molecule has 170 valence electrons. The van der Waals surface area contributed by atoms with Crippen molar-refractivity contribution < 1.29 is 19.1 Å². The Morgan fingerprint density at radius 2 is 2.18 bits per heavy atom. The number of halogens is 1. The van der Waals surface area contributed by atoms with Gasteiger partial charge in [-0.25, -0.2) is 14.6 Å². The van der Waals surface area contributed by atoms with Crippen molar-refractivity contribution in [2.24, 2.45) is 0 Å². The number of pyridine rings is 2. The first kappa shape index (κ1) is 21.6. The van der Waals surface area contributed by atoms with Crippen molar-refractivity contribution in [1.29, 1.82) is 0 Å². The third-order valence-electron chi connectivity index (χ3n) is 5.97. The summed E-state index contributed by atoms with van der Waals surface area (Å²) in [6.45, 7) is 1.18. The monoisotopic (exact) mass is 512 g/mol. The molecule has 10 heteroatoms. The number of likely N-dealkylation sites (N-methyl/N-ethyl adjacent to an activating group) is 2. The van der Waals surface area contributed by atoms with Crippen molar-refractivity contribution in [3.63, 3.8) is 0 Å². The van der Waals surface area contributed by atoms with E-state index in [1.54, 1.807) is 24.7 Å².